The van der Waals surface area contributed by atoms with E-state index in [1.54, 1.807) is 29.9 Å². The first kappa shape index (κ1) is 19.7. The van der Waals surface area contributed by atoms with E-state index in [1.165, 1.54) is 0 Å². The Morgan fingerprint density at radius 3 is 2.23 bits per heavy atom. The number of nitrogens with one attached hydrogen (secondary N) is 2. The van der Waals surface area contributed by atoms with Crippen LogP contribution < -0.4 is 11.0 Å². The molecule has 4 rings (SSSR count). The number of methoxy groups -OCH3 is 1. The van der Waals surface area contributed by atoms with Gasteiger partial charge in [0, 0.05) is 12.7 Å². The number of hydrogen-bond donors (Lipinski definition) is 2. The monoisotopic (exact) mass is 401 g/mol. The minimum Gasteiger partial charge on any atom is -0.383 e. The smallest absolute Gasteiger partial charge is 0.326 e. The normalized spacial score (nSPS) is 11.1. The summed E-state index contributed by atoms with van der Waals surface area (Å²) in [7, 11) is 1.60. The molecule has 0 spiro atoms. The molecule has 0 aliphatic carbocycles. The van der Waals surface area contributed by atoms with Crippen molar-refractivity contribution in [3.8, 4) is 0 Å². The second-order valence-electron chi connectivity index (χ2n) is 7.03. The van der Waals surface area contributed by atoms with Crippen LogP contribution in [0.2, 0.25) is 0 Å². The molecule has 0 saturated heterocycles. The van der Waals surface area contributed by atoms with E-state index in [0.29, 0.717) is 24.2 Å². The van der Waals surface area contributed by atoms with Crippen LogP contribution in [0, 0.1) is 0 Å². The van der Waals surface area contributed by atoms with Gasteiger partial charge in [0.25, 0.3) is 5.91 Å². The van der Waals surface area contributed by atoms with Crippen molar-refractivity contribution in [2.24, 2.45) is 0 Å². The fraction of sp³-hybridized carbons (Fsp3) is 0.167. The maximum Gasteiger partial charge on any atom is 0.326 e. The molecule has 2 N–H and O–H groups in total. The van der Waals surface area contributed by atoms with Crippen LogP contribution in [0.5, 0.6) is 0 Å². The van der Waals surface area contributed by atoms with Crippen LogP contribution in [0.25, 0.3) is 11.0 Å². The number of carbonyl (C=O) groups excluding carboxylic acids is 1. The van der Waals surface area contributed by atoms with Gasteiger partial charge in [-0.3, -0.25) is 9.36 Å². The van der Waals surface area contributed by atoms with Crippen molar-refractivity contribution in [2.45, 2.75) is 12.6 Å². The number of amides is 1. The molecule has 0 radical (unpaired) electrons. The molecule has 0 atom stereocenters. The lowest BCUT2D eigenvalue weighted by molar-refractivity contribution is 0.0943. The molecule has 0 saturated carbocycles. The molecule has 30 heavy (non-hydrogen) atoms. The highest BCUT2D eigenvalue weighted by Gasteiger charge is 2.18. The average Bonchev–Trinajstić information content (AvgIpc) is 3.11. The van der Waals surface area contributed by atoms with Crippen molar-refractivity contribution >= 4 is 16.9 Å². The maximum absolute atomic E-state index is 13.1. The molecule has 0 fully saturated rings. The molecular weight excluding hydrogens is 378 g/mol. The number of rotatable bonds is 7. The quantitative estimate of drug-likeness (QED) is 0.498. The molecule has 1 aromatic heterocycles. The van der Waals surface area contributed by atoms with Gasteiger partial charge < -0.3 is 15.0 Å². The summed E-state index contributed by atoms with van der Waals surface area (Å²) in [6.07, 6.45) is 0. The molecule has 6 nitrogen and oxygen atoms in total. The molecule has 0 unspecified atom stereocenters. The predicted octanol–water partition coefficient (Wildman–Crippen LogP) is 3.50. The summed E-state index contributed by atoms with van der Waals surface area (Å²) in [5, 5.41) is 3.13. The topological polar surface area (TPSA) is 76.1 Å². The van der Waals surface area contributed by atoms with Gasteiger partial charge in [0.1, 0.15) is 0 Å². The summed E-state index contributed by atoms with van der Waals surface area (Å²) in [5.74, 6) is -0.208. The first-order chi connectivity index (χ1) is 14.7. The van der Waals surface area contributed by atoms with Gasteiger partial charge in [0.05, 0.1) is 30.2 Å². The molecule has 1 amide bonds. The minimum atomic E-state index is -0.277. The Balaban J connectivity index is 1.64. The van der Waals surface area contributed by atoms with Gasteiger partial charge in [-0.15, -0.1) is 0 Å². The third-order valence-electron chi connectivity index (χ3n) is 5.10. The molecular formula is C24H23N3O3. The maximum atomic E-state index is 13.1. The number of nitrogens with zero attached hydrogens (tertiary/aromatic N) is 1. The van der Waals surface area contributed by atoms with Gasteiger partial charge in [-0.1, -0.05) is 60.7 Å². The van der Waals surface area contributed by atoms with Crippen molar-refractivity contribution in [1.29, 1.82) is 0 Å². The minimum absolute atomic E-state index is 0.208. The van der Waals surface area contributed by atoms with Crippen molar-refractivity contribution < 1.29 is 9.53 Å². The molecule has 0 aliphatic heterocycles. The number of ether oxygens (including phenoxy) is 1. The van der Waals surface area contributed by atoms with E-state index in [-0.39, 0.29) is 17.6 Å². The molecule has 0 bridgehead atoms. The zero-order valence-corrected chi connectivity index (χ0v) is 16.7. The third kappa shape index (κ3) is 4.04. The van der Waals surface area contributed by atoms with E-state index < -0.39 is 0 Å². The number of hydrogen-bond acceptors (Lipinski definition) is 3. The van der Waals surface area contributed by atoms with Gasteiger partial charge in [0.2, 0.25) is 0 Å². The summed E-state index contributed by atoms with van der Waals surface area (Å²) in [6, 6.07) is 24.7. The number of imidazole rings is 1. The lowest BCUT2D eigenvalue weighted by atomic mass is 9.98. The van der Waals surface area contributed by atoms with E-state index >= 15 is 0 Å². The van der Waals surface area contributed by atoms with E-state index in [0.717, 1.165) is 16.6 Å². The van der Waals surface area contributed by atoms with Crippen LogP contribution in [0.4, 0.5) is 0 Å². The number of carbonyl (C=O) groups is 1. The molecule has 1 heterocycles. The predicted molar refractivity (Wildman–Crippen MR) is 117 cm³/mol. The van der Waals surface area contributed by atoms with Crippen LogP contribution in [0.1, 0.15) is 27.5 Å². The van der Waals surface area contributed by atoms with Gasteiger partial charge >= 0.3 is 5.69 Å². The lowest BCUT2D eigenvalue weighted by Gasteiger charge is -2.20. The van der Waals surface area contributed by atoms with Gasteiger partial charge in [-0.2, -0.15) is 0 Å². The molecule has 3 aromatic carbocycles. The Labute approximate surface area is 174 Å². The molecule has 0 aliphatic rings. The Bertz CT molecular complexity index is 1160. The first-order valence-corrected chi connectivity index (χ1v) is 9.79. The summed E-state index contributed by atoms with van der Waals surface area (Å²) in [6.45, 7) is 0.885. The average molecular weight is 401 g/mol. The lowest BCUT2D eigenvalue weighted by Crippen LogP contribution is -2.29. The highest BCUT2D eigenvalue weighted by molar-refractivity contribution is 5.97. The van der Waals surface area contributed by atoms with Crippen molar-refractivity contribution in [3.05, 3.63) is 106 Å². The van der Waals surface area contributed by atoms with Crippen LogP contribution in [0.15, 0.2) is 83.7 Å². The number of fused-ring (bicyclic) bond motifs is 1. The van der Waals surface area contributed by atoms with Crippen LogP contribution in [-0.2, 0) is 11.3 Å². The van der Waals surface area contributed by atoms with Crippen molar-refractivity contribution in [3.63, 3.8) is 0 Å². The number of aromatic amines is 1. The van der Waals surface area contributed by atoms with Crippen molar-refractivity contribution in [1.82, 2.24) is 14.9 Å². The highest BCUT2D eigenvalue weighted by atomic mass is 16.5. The first-order valence-electron chi connectivity index (χ1n) is 9.79. The summed E-state index contributed by atoms with van der Waals surface area (Å²) >= 11 is 0. The molecule has 4 aromatic rings. The fourth-order valence-corrected chi connectivity index (χ4v) is 3.57. The second kappa shape index (κ2) is 8.80. The van der Waals surface area contributed by atoms with Crippen molar-refractivity contribution in [2.75, 3.05) is 13.7 Å². The fourth-order valence-electron chi connectivity index (χ4n) is 3.57. The number of benzene rings is 3. The van der Waals surface area contributed by atoms with E-state index in [9.17, 15) is 9.59 Å². The third-order valence-corrected chi connectivity index (χ3v) is 5.10. The Morgan fingerprint density at radius 2 is 1.63 bits per heavy atom. The van der Waals surface area contributed by atoms with Gasteiger partial charge in [-0.05, 0) is 29.3 Å². The van der Waals surface area contributed by atoms with E-state index in [1.807, 2.05) is 60.7 Å². The number of H-pyrrole nitrogens is 1. The number of aromatic nitrogens is 2. The zero-order valence-electron chi connectivity index (χ0n) is 16.7. The van der Waals surface area contributed by atoms with E-state index in [2.05, 4.69) is 10.3 Å². The van der Waals surface area contributed by atoms with Gasteiger partial charge in [0.15, 0.2) is 0 Å². The Kier molecular flexibility index (Phi) is 5.77. The highest BCUT2D eigenvalue weighted by Crippen LogP contribution is 2.23. The van der Waals surface area contributed by atoms with Crippen LogP contribution >= 0.6 is 0 Å². The standard InChI is InChI=1S/C24H23N3O3/c1-30-15-14-27-21-13-12-19(16-20(21)25-24(27)29)23(28)26-22(17-8-4-2-5-9-17)18-10-6-3-7-11-18/h2-13,16,22H,14-15H2,1H3,(H,25,29)(H,26,28). The van der Waals surface area contributed by atoms with Crippen LogP contribution in [0.3, 0.4) is 0 Å². The summed E-state index contributed by atoms with van der Waals surface area (Å²) in [4.78, 5) is 28.1. The second-order valence-corrected chi connectivity index (χ2v) is 7.03. The zero-order chi connectivity index (χ0) is 20.9. The van der Waals surface area contributed by atoms with E-state index in [4.69, 9.17) is 4.74 Å². The van der Waals surface area contributed by atoms with Crippen LogP contribution in [-0.4, -0.2) is 29.2 Å². The molecule has 152 valence electrons. The summed E-state index contributed by atoms with van der Waals surface area (Å²) < 4.78 is 6.68. The molecule has 6 heteroatoms. The SMILES string of the molecule is COCCn1c(=O)[nH]c2cc(C(=O)NC(c3ccccc3)c3ccccc3)ccc21. The Morgan fingerprint density at radius 1 is 1.00 bits per heavy atom. The van der Waals surface area contributed by atoms with Gasteiger partial charge in [-0.25, -0.2) is 4.79 Å². The largest absolute Gasteiger partial charge is 0.383 e. The summed E-state index contributed by atoms with van der Waals surface area (Å²) in [5.41, 5.74) is 3.64. The Hall–Kier alpha value is -3.64.